The van der Waals surface area contributed by atoms with Crippen molar-refractivity contribution in [2.75, 3.05) is 11.7 Å². The third-order valence-corrected chi connectivity index (χ3v) is 7.60. The summed E-state index contributed by atoms with van der Waals surface area (Å²) >= 11 is 1.51. The Hall–Kier alpha value is -1.86. The zero-order chi connectivity index (χ0) is 20.8. The monoisotopic (exact) mass is 411 g/mol. The van der Waals surface area contributed by atoms with Gasteiger partial charge in [0.15, 0.2) is 5.78 Å². The predicted octanol–water partition coefficient (Wildman–Crippen LogP) is 4.35. The van der Waals surface area contributed by atoms with Crippen molar-refractivity contribution in [3.05, 3.63) is 58.7 Å². The van der Waals surface area contributed by atoms with Crippen LogP contribution in [0.1, 0.15) is 34.6 Å². The standard InChI is InChI=1S/C23H25NO4S/c1-20(2,3)23(26)21(4,5)13-27-22(23)14-9-8-11-16(25)18(14)19-24(28-22)15-10-6-7-12-17(15)29-19/h6-12,26H,13H2,1-5H3. The lowest BCUT2D eigenvalue weighted by molar-refractivity contribution is -0.298. The van der Waals surface area contributed by atoms with Crippen molar-refractivity contribution in [2.45, 2.75) is 50.9 Å². The van der Waals surface area contributed by atoms with E-state index in [0.29, 0.717) is 17.8 Å². The Morgan fingerprint density at radius 1 is 1.21 bits per heavy atom. The molecular formula is C23H25NO4S. The fourth-order valence-electron chi connectivity index (χ4n) is 5.22. The molecule has 3 heterocycles. The number of rotatable bonds is 0. The van der Waals surface area contributed by atoms with Crippen LogP contribution in [0.15, 0.2) is 63.6 Å². The maximum absolute atomic E-state index is 13.1. The number of hydroxylamine groups is 1. The van der Waals surface area contributed by atoms with Gasteiger partial charge in [0.2, 0.25) is 0 Å². The molecule has 0 aromatic heterocycles. The van der Waals surface area contributed by atoms with Crippen LogP contribution in [0.2, 0.25) is 0 Å². The smallest absolute Gasteiger partial charge is 0.251 e. The molecule has 1 fully saturated rings. The highest BCUT2D eigenvalue weighted by Gasteiger charge is 2.75. The van der Waals surface area contributed by atoms with Crippen LogP contribution in [0.5, 0.6) is 0 Å². The average Bonchev–Trinajstić information content (AvgIpc) is 3.11. The van der Waals surface area contributed by atoms with Crippen LogP contribution in [0.25, 0.3) is 0 Å². The van der Waals surface area contributed by atoms with Crippen LogP contribution in [-0.4, -0.2) is 28.9 Å². The van der Waals surface area contributed by atoms with Crippen LogP contribution < -0.4 is 5.06 Å². The number of carbonyl (C=O) groups is 1. The second-order valence-corrected chi connectivity index (χ2v) is 10.7. The number of ether oxygens (including phenoxy) is 1. The number of aliphatic hydroxyl groups is 1. The van der Waals surface area contributed by atoms with Gasteiger partial charge in [0, 0.05) is 15.9 Å². The third kappa shape index (κ3) is 2.15. The van der Waals surface area contributed by atoms with Crippen molar-refractivity contribution >= 4 is 23.2 Å². The van der Waals surface area contributed by atoms with E-state index in [0.717, 1.165) is 15.6 Å². The molecule has 1 aromatic carbocycles. The quantitative estimate of drug-likeness (QED) is 0.685. The highest BCUT2D eigenvalue weighted by Crippen LogP contribution is 2.65. The molecule has 152 valence electrons. The Labute approximate surface area is 175 Å². The molecule has 1 aromatic rings. The molecule has 1 N–H and O–H groups in total. The van der Waals surface area contributed by atoms with Gasteiger partial charge in [-0.05, 0) is 23.6 Å². The van der Waals surface area contributed by atoms with Gasteiger partial charge in [0.05, 0.1) is 17.9 Å². The van der Waals surface area contributed by atoms with Crippen molar-refractivity contribution < 1.29 is 19.5 Å². The van der Waals surface area contributed by atoms with E-state index in [1.165, 1.54) is 11.8 Å². The van der Waals surface area contributed by atoms with E-state index in [-0.39, 0.29) is 5.78 Å². The van der Waals surface area contributed by atoms with Gasteiger partial charge >= 0.3 is 0 Å². The Morgan fingerprint density at radius 2 is 1.93 bits per heavy atom. The van der Waals surface area contributed by atoms with E-state index in [4.69, 9.17) is 9.57 Å². The van der Waals surface area contributed by atoms with Crippen molar-refractivity contribution in [1.82, 2.24) is 0 Å². The molecule has 3 aliphatic heterocycles. The second kappa shape index (κ2) is 5.64. The van der Waals surface area contributed by atoms with Gasteiger partial charge in [0.25, 0.3) is 5.79 Å². The lowest BCUT2D eigenvalue weighted by Crippen LogP contribution is -2.69. The Bertz CT molecular complexity index is 1030. The summed E-state index contributed by atoms with van der Waals surface area (Å²) in [7, 11) is 0. The molecule has 29 heavy (non-hydrogen) atoms. The summed E-state index contributed by atoms with van der Waals surface area (Å²) in [6.07, 6.45) is 5.12. The van der Waals surface area contributed by atoms with Crippen LogP contribution in [0.4, 0.5) is 5.69 Å². The number of hydrogen-bond acceptors (Lipinski definition) is 6. The zero-order valence-electron chi connectivity index (χ0n) is 17.3. The first-order valence-electron chi connectivity index (χ1n) is 9.84. The van der Waals surface area contributed by atoms with E-state index in [1.54, 1.807) is 17.2 Å². The van der Waals surface area contributed by atoms with Gasteiger partial charge in [-0.2, -0.15) is 0 Å². The Kier molecular flexibility index (Phi) is 3.72. The molecule has 1 aliphatic carbocycles. The van der Waals surface area contributed by atoms with E-state index in [9.17, 15) is 9.90 Å². The fraction of sp³-hybridized carbons (Fsp3) is 0.435. The molecule has 5 rings (SSSR count). The largest absolute Gasteiger partial charge is 0.383 e. The molecule has 0 bridgehead atoms. The lowest BCUT2D eigenvalue weighted by atomic mass is 9.57. The summed E-state index contributed by atoms with van der Waals surface area (Å²) in [4.78, 5) is 20.7. The van der Waals surface area contributed by atoms with Gasteiger partial charge in [-0.1, -0.05) is 70.7 Å². The molecule has 1 saturated heterocycles. The predicted molar refractivity (Wildman–Crippen MR) is 112 cm³/mol. The normalized spacial score (nSPS) is 32.4. The summed E-state index contributed by atoms with van der Waals surface area (Å²) in [6, 6.07) is 7.86. The maximum atomic E-state index is 13.1. The Balaban J connectivity index is 1.82. The summed E-state index contributed by atoms with van der Waals surface area (Å²) in [6.45, 7) is 10.2. The first-order valence-corrected chi connectivity index (χ1v) is 10.7. The molecule has 4 aliphatic rings. The van der Waals surface area contributed by atoms with Crippen molar-refractivity contribution in [2.24, 2.45) is 10.8 Å². The zero-order valence-corrected chi connectivity index (χ0v) is 18.1. The molecule has 0 saturated carbocycles. The second-order valence-electron chi connectivity index (χ2n) is 9.69. The number of hydrogen-bond donors (Lipinski definition) is 1. The summed E-state index contributed by atoms with van der Waals surface area (Å²) in [5.41, 5.74) is -0.605. The third-order valence-electron chi connectivity index (χ3n) is 6.47. The highest BCUT2D eigenvalue weighted by atomic mass is 32.2. The SMILES string of the molecule is CC(C)(C)C1(O)C(C)(C)COC12ON1C(=C3C(=O)C=CC=C32)Sc2ccccc21. The molecule has 1 spiro atoms. The van der Waals surface area contributed by atoms with Gasteiger partial charge < -0.3 is 9.84 Å². The molecule has 0 radical (unpaired) electrons. The Morgan fingerprint density at radius 3 is 2.66 bits per heavy atom. The van der Waals surface area contributed by atoms with Gasteiger partial charge in [-0.15, -0.1) is 0 Å². The van der Waals surface area contributed by atoms with Crippen LogP contribution in [0.3, 0.4) is 0 Å². The average molecular weight is 412 g/mol. The minimum atomic E-state index is -1.49. The number of ketones is 1. The van der Waals surface area contributed by atoms with Gasteiger partial charge in [0.1, 0.15) is 10.6 Å². The molecular weight excluding hydrogens is 386 g/mol. The number of fused-ring (bicyclic) bond motifs is 5. The van der Waals surface area contributed by atoms with Crippen LogP contribution in [0, 0.1) is 10.8 Å². The first-order chi connectivity index (χ1) is 13.5. The molecule has 2 unspecified atom stereocenters. The molecule has 6 heteroatoms. The topological polar surface area (TPSA) is 59.0 Å². The van der Waals surface area contributed by atoms with Crippen molar-refractivity contribution in [1.29, 1.82) is 0 Å². The minimum absolute atomic E-state index is 0.102. The molecule has 0 amide bonds. The number of para-hydroxylation sites is 1. The summed E-state index contributed by atoms with van der Waals surface area (Å²) in [5.74, 6) is -1.60. The summed E-state index contributed by atoms with van der Waals surface area (Å²) < 4.78 is 6.37. The van der Waals surface area contributed by atoms with Crippen molar-refractivity contribution in [3.63, 3.8) is 0 Å². The minimum Gasteiger partial charge on any atom is -0.383 e. The number of thioether (sulfide) groups is 1. The fourth-order valence-corrected chi connectivity index (χ4v) is 6.37. The molecule has 2 atom stereocenters. The van der Waals surface area contributed by atoms with E-state index >= 15 is 0 Å². The van der Waals surface area contributed by atoms with E-state index in [1.807, 2.05) is 65.0 Å². The van der Waals surface area contributed by atoms with E-state index in [2.05, 4.69) is 0 Å². The number of benzene rings is 1. The van der Waals surface area contributed by atoms with E-state index < -0.39 is 22.2 Å². The number of anilines is 1. The van der Waals surface area contributed by atoms with Crippen molar-refractivity contribution in [3.8, 4) is 0 Å². The maximum Gasteiger partial charge on any atom is 0.251 e. The highest BCUT2D eigenvalue weighted by molar-refractivity contribution is 8.03. The number of carbonyl (C=O) groups excluding carboxylic acids is 1. The van der Waals surface area contributed by atoms with Gasteiger partial charge in [-0.25, -0.2) is 9.90 Å². The first kappa shape index (κ1) is 19.1. The number of allylic oxidation sites excluding steroid dienone is 3. The van der Waals surface area contributed by atoms with Crippen LogP contribution >= 0.6 is 11.8 Å². The molecule has 5 nitrogen and oxygen atoms in total. The number of nitrogens with zero attached hydrogens (tertiary/aromatic N) is 1. The summed E-state index contributed by atoms with van der Waals surface area (Å²) in [5, 5.41) is 14.7. The van der Waals surface area contributed by atoms with Crippen LogP contribution in [-0.2, 0) is 14.4 Å². The van der Waals surface area contributed by atoms with Gasteiger partial charge in [-0.3, -0.25) is 4.79 Å². The lowest BCUT2D eigenvalue weighted by Gasteiger charge is -2.55.